The predicted molar refractivity (Wildman–Crippen MR) is 107 cm³/mol. The second-order valence-corrected chi connectivity index (χ2v) is 6.85. The van der Waals surface area contributed by atoms with Crippen LogP contribution in [-0.2, 0) is 11.3 Å². The third kappa shape index (κ3) is 6.90. The number of benzene rings is 2. The minimum absolute atomic E-state index is 0.0518. The van der Waals surface area contributed by atoms with Gasteiger partial charge in [0.1, 0.15) is 18.2 Å². The first kappa shape index (κ1) is 20.7. The molecule has 1 amide bonds. The average Bonchev–Trinajstić information content (AvgIpc) is 2.63. The summed E-state index contributed by atoms with van der Waals surface area (Å²) in [5.41, 5.74) is 2.23. The molecule has 0 aliphatic carbocycles. The second kappa shape index (κ2) is 9.92. The molecule has 2 aromatic rings. The summed E-state index contributed by atoms with van der Waals surface area (Å²) < 4.78 is 18.4. The highest BCUT2D eigenvalue weighted by Gasteiger charge is 2.12. The van der Waals surface area contributed by atoms with E-state index < -0.39 is 0 Å². The quantitative estimate of drug-likeness (QED) is 0.677. The van der Waals surface area contributed by atoms with E-state index in [4.69, 9.17) is 4.74 Å². The minimum atomic E-state index is -0.288. The zero-order valence-corrected chi connectivity index (χ0v) is 16.5. The third-order valence-electron chi connectivity index (χ3n) is 4.26. The molecule has 0 N–H and O–H groups in total. The molecule has 0 atom stereocenters. The molecule has 6 heteroatoms. The van der Waals surface area contributed by atoms with Crippen LogP contribution in [-0.4, -0.2) is 63.6 Å². The Bertz CT molecular complexity index is 717. The van der Waals surface area contributed by atoms with Crippen LogP contribution in [0.1, 0.15) is 5.56 Å². The van der Waals surface area contributed by atoms with Gasteiger partial charge in [-0.25, -0.2) is 4.39 Å². The topological polar surface area (TPSA) is 36.0 Å². The Balaban J connectivity index is 1.73. The van der Waals surface area contributed by atoms with E-state index in [1.165, 1.54) is 12.1 Å². The molecule has 2 aromatic carbocycles. The van der Waals surface area contributed by atoms with E-state index in [0.717, 1.165) is 11.3 Å². The number of rotatable bonds is 9. The van der Waals surface area contributed by atoms with Gasteiger partial charge in [-0.15, -0.1) is 0 Å². The lowest BCUT2D eigenvalue weighted by Gasteiger charge is -2.22. The van der Waals surface area contributed by atoms with Gasteiger partial charge in [-0.2, -0.15) is 0 Å². The molecular weight excluding hydrogens is 345 g/mol. The van der Waals surface area contributed by atoms with Crippen molar-refractivity contribution >= 4 is 11.6 Å². The summed E-state index contributed by atoms with van der Waals surface area (Å²) in [5, 5.41) is 0. The van der Waals surface area contributed by atoms with Crippen molar-refractivity contribution in [3.05, 3.63) is 59.9 Å². The number of hydrogen-bond donors (Lipinski definition) is 0. The van der Waals surface area contributed by atoms with Gasteiger partial charge in [0.2, 0.25) is 5.91 Å². The van der Waals surface area contributed by atoms with Crippen LogP contribution in [0.4, 0.5) is 10.1 Å². The number of likely N-dealkylation sites (N-methyl/N-ethyl adjacent to an activating group) is 2. The van der Waals surface area contributed by atoms with Gasteiger partial charge >= 0.3 is 0 Å². The number of hydrogen-bond acceptors (Lipinski definition) is 4. The number of carbonyl (C=O) groups is 1. The Morgan fingerprint density at radius 2 is 1.59 bits per heavy atom. The van der Waals surface area contributed by atoms with Gasteiger partial charge in [-0.05, 0) is 49.0 Å². The van der Waals surface area contributed by atoms with Crippen LogP contribution in [0.15, 0.2) is 48.5 Å². The van der Waals surface area contributed by atoms with Gasteiger partial charge < -0.3 is 14.5 Å². The zero-order valence-electron chi connectivity index (χ0n) is 16.5. The maximum atomic E-state index is 12.9. The van der Waals surface area contributed by atoms with Crippen molar-refractivity contribution in [2.45, 2.75) is 6.54 Å². The lowest BCUT2D eigenvalue weighted by molar-refractivity contribution is -0.131. The highest BCUT2D eigenvalue weighted by atomic mass is 19.1. The minimum Gasteiger partial charge on any atom is -0.492 e. The van der Waals surface area contributed by atoms with Crippen LogP contribution in [0.25, 0.3) is 0 Å². The molecule has 0 aromatic heterocycles. The van der Waals surface area contributed by atoms with Crippen molar-refractivity contribution in [1.82, 2.24) is 9.80 Å². The first-order valence-electron chi connectivity index (χ1n) is 8.92. The molecular formula is C21H28FN3O2. The molecule has 0 aliphatic heterocycles. The molecule has 0 saturated heterocycles. The van der Waals surface area contributed by atoms with Gasteiger partial charge in [0.25, 0.3) is 0 Å². The van der Waals surface area contributed by atoms with Crippen molar-refractivity contribution < 1.29 is 13.9 Å². The van der Waals surface area contributed by atoms with Crippen LogP contribution in [0.3, 0.4) is 0 Å². The number of anilines is 1. The van der Waals surface area contributed by atoms with Crippen molar-refractivity contribution in [2.24, 2.45) is 0 Å². The molecule has 0 bridgehead atoms. The highest BCUT2D eigenvalue weighted by Crippen LogP contribution is 2.13. The first-order chi connectivity index (χ1) is 12.8. The largest absolute Gasteiger partial charge is 0.492 e. The number of amides is 1. The second-order valence-electron chi connectivity index (χ2n) is 6.85. The van der Waals surface area contributed by atoms with Crippen molar-refractivity contribution in [1.29, 1.82) is 0 Å². The SMILES string of the molecule is CN(CCOc1ccc(F)cc1)CC(=O)N(C)Cc1ccc(N(C)C)cc1. The van der Waals surface area contributed by atoms with Gasteiger partial charge in [0, 0.05) is 39.9 Å². The Morgan fingerprint density at radius 3 is 2.19 bits per heavy atom. The van der Waals surface area contributed by atoms with Crippen LogP contribution >= 0.6 is 0 Å². The van der Waals surface area contributed by atoms with Gasteiger partial charge in [0.15, 0.2) is 0 Å². The van der Waals surface area contributed by atoms with Crippen LogP contribution in [0, 0.1) is 5.82 Å². The van der Waals surface area contributed by atoms with E-state index in [1.54, 1.807) is 17.0 Å². The van der Waals surface area contributed by atoms with Gasteiger partial charge in [-0.3, -0.25) is 9.69 Å². The Labute approximate surface area is 160 Å². The molecule has 0 fully saturated rings. The van der Waals surface area contributed by atoms with E-state index in [1.807, 2.05) is 62.3 Å². The van der Waals surface area contributed by atoms with E-state index in [0.29, 0.717) is 32.0 Å². The fourth-order valence-electron chi connectivity index (χ4n) is 2.54. The molecule has 27 heavy (non-hydrogen) atoms. The fourth-order valence-corrected chi connectivity index (χ4v) is 2.54. The van der Waals surface area contributed by atoms with Gasteiger partial charge in [0.05, 0.1) is 6.54 Å². The third-order valence-corrected chi connectivity index (χ3v) is 4.26. The summed E-state index contributed by atoms with van der Waals surface area (Å²) >= 11 is 0. The highest BCUT2D eigenvalue weighted by molar-refractivity contribution is 5.78. The van der Waals surface area contributed by atoms with Crippen LogP contribution < -0.4 is 9.64 Å². The van der Waals surface area contributed by atoms with Crippen LogP contribution in [0.5, 0.6) is 5.75 Å². The van der Waals surface area contributed by atoms with E-state index >= 15 is 0 Å². The summed E-state index contributed by atoms with van der Waals surface area (Å²) in [6, 6.07) is 14.1. The lowest BCUT2D eigenvalue weighted by atomic mass is 10.2. The number of halogens is 1. The molecule has 146 valence electrons. The van der Waals surface area contributed by atoms with Gasteiger partial charge in [-0.1, -0.05) is 12.1 Å². The number of carbonyl (C=O) groups excluding carboxylic acids is 1. The molecule has 5 nitrogen and oxygen atoms in total. The van der Waals surface area contributed by atoms with Crippen molar-refractivity contribution in [3.8, 4) is 5.75 Å². The first-order valence-corrected chi connectivity index (χ1v) is 8.92. The lowest BCUT2D eigenvalue weighted by Crippen LogP contribution is -2.37. The molecule has 0 spiro atoms. The van der Waals surface area contributed by atoms with Crippen LogP contribution in [0.2, 0.25) is 0 Å². The van der Waals surface area contributed by atoms with E-state index in [2.05, 4.69) is 0 Å². The summed E-state index contributed by atoms with van der Waals surface area (Å²) in [4.78, 5) is 18.1. The van der Waals surface area contributed by atoms with Crippen molar-refractivity contribution in [2.75, 3.05) is 52.8 Å². The standard InChI is InChI=1S/C21H28FN3O2/c1-23(2)19-9-5-17(6-10-19)15-25(4)21(26)16-24(3)13-14-27-20-11-7-18(22)8-12-20/h5-12H,13-16H2,1-4H3. The number of nitrogens with zero attached hydrogens (tertiary/aromatic N) is 3. The Morgan fingerprint density at radius 1 is 0.963 bits per heavy atom. The molecule has 2 rings (SSSR count). The molecule has 0 heterocycles. The monoisotopic (exact) mass is 373 g/mol. The fraction of sp³-hybridized carbons (Fsp3) is 0.381. The smallest absolute Gasteiger partial charge is 0.236 e. The zero-order chi connectivity index (χ0) is 19.8. The summed E-state index contributed by atoms with van der Waals surface area (Å²) in [6.07, 6.45) is 0. The molecule has 0 unspecified atom stereocenters. The maximum Gasteiger partial charge on any atom is 0.236 e. The van der Waals surface area contributed by atoms with Crippen molar-refractivity contribution in [3.63, 3.8) is 0 Å². The maximum absolute atomic E-state index is 12.9. The van der Waals surface area contributed by atoms with E-state index in [9.17, 15) is 9.18 Å². The Kier molecular flexibility index (Phi) is 7.61. The molecule has 0 radical (unpaired) electrons. The number of ether oxygens (including phenoxy) is 1. The summed E-state index contributed by atoms with van der Waals surface area (Å²) in [7, 11) is 7.69. The summed E-state index contributed by atoms with van der Waals surface area (Å²) in [5.74, 6) is 0.384. The molecule has 0 saturated carbocycles. The normalized spacial score (nSPS) is 10.7. The predicted octanol–water partition coefficient (Wildman–Crippen LogP) is 2.86. The molecule has 0 aliphatic rings. The Hall–Kier alpha value is -2.60. The summed E-state index contributed by atoms with van der Waals surface area (Å²) in [6.45, 7) is 1.94. The van der Waals surface area contributed by atoms with E-state index in [-0.39, 0.29) is 11.7 Å². The average molecular weight is 373 g/mol.